The van der Waals surface area contributed by atoms with E-state index in [-0.39, 0.29) is 55.4 Å². The zero-order chi connectivity index (χ0) is 33.6. The van der Waals surface area contributed by atoms with Gasteiger partial charge in [0.15, 0.2) is 0 Å². The molecule has 14 nitrogen and oxygen atoms in total. The molecule has 3 N–H and O–H groups in total. The molecule has 0 fully saturated rings. The lowest BCUT2D eigenvalue weighted by atomic mass is 9.79. The van der Waals surface area contributed by atoms with E-state index in [9.17, 15) is 29.9 Å². The average molecular weight is 639 g/mol. The fraction of sp³-hybridized carbons (Fsp3) is 0.406. The Labute approximate surface area is 266 Å². The summed E-state index contributed by atoms with van der Waals surface area (Å²) in [5.74, 6) is -2.76. The number of carboxylic acid groups (broad SMARTS) is 1. The highest BCUT2D eigenvalue weighted by Crippen LogP contribution is 2.43. The minimum Gasteiger partial charge on any atom is -0.489 e. The van der Waals surface area contributed by atoms with Crippen molar-refractivity contribution in [2.45, 2.75) is 25.9 Å². The number of carbonyl (C=O) groups excluding carboxylic acids is 1. The van der Waals surface area contributed by atoms with Crippen LogP contribution in [-0.4, -0.2) is 97.9 Å². The number of hydrogen-bond acceptors (Lipinski definition) is 12. The standard InChI is InChI=1S/C32H38N4O10/c1-4-35-21(2)28(32(40)43-3)29(22-9-7-10-24(16-22)36(41)42)30(31(38)39)26(35)20-45-15-14-44-13-12-34-18-25(37)19-46-27-11-6-5-8-23(27)17-33/h5-11,16,25,29,34,37H,4,12-15,18-20H2,1-3H3,(H,38,39). The van der Waals surface area contributed by atoms with Crippen LogP contribution in [0.1, 0.15) is 30.9 Å². The SMILES string of the molecule is CCN1C(C)=C(C(=O)OC)C(c2cccc([N+](=O)[O-])c2)C(C(=O)O)=C1COCCOCCNCC(O)COc1ccccc1C#N. The van der Waals surface area contributed by atoms with Gasteiger partial charge in [0.2, 0.25) is 0 Å². The van der Waals surface area contributed by atoms with Crippen LogP contribution in [0.4, 0.5) is 5.69 Å². The summed E-state index contributed by atoms with van der Waals surface area (Å²) in [7, 11) is 1.19. The van der Waals surface area contributed by atoms with E-state index in [1.165, 1.54) is 25.3 Å². The van der Waals surface area contributed by atoms with Crippen molar-refractivity contribution in [3.63, 3.8) is 0 Å². The quantitative estimate of drug-likeness (QED) is 0.0935. The Balaban J connectivity index is 1.57. The fourth-order valence-corrected chi connectivity index (χ4v) is 5.10. The summed E-state index contributed by atoms with van der Waals surface area (Å²) in [5.41, 5.74) is 1.11. The highest BCUT2D eigenvalue weighted by Gasteiger charge is 2.41. The number of aliphatic hydroxyl groups excluding tert-OH is 1. The number of carboxylic acids is 1. The third kappa shape index (κ3) is 9.11. The van der Waals surface area contributed by atoms with Crippen LogP contribution in [0.25, 0.3) is 0 Å². The summed E-state index contributed by atoms with van der Waals surface area (Å²) in [6.45, 7) is 5.04. The van der Waals surface area contributed by atoms with Crippen molar-refractivity contribution in [1.29, 1.82) is 5.26 Å². The van der Waals surface area contributed by atoms with Crippen LogP contribution in [0.3, 0.4) is 0 Å². The molecular formula is C32H38N4O10. The van der Waals surface area contributed by atoms with Crippen LogP contribution in [0.5, 0.6) is 5.75 Å². The van der Waals surface area contributed by atoms with E-state index in [1.807, 2.05) is 6.07 Å². The second-order valence-corrected chi connectivity index (χ2v) is 10.1. The highest BCUT2D eigenvalue weighted by molar-refractivity contribution is 5.99. The first kappa shape index (κ1) is 35.7. The molecule has 2 atom stereocenters. The number of allylic oxidation sites excluding steroid dienone is 1. The minimum atomic E-state index is -1.30. The van der Waals surface area contributed by atoms with Gasteiger partial charge in [-0.05, 0) is 31.5 Å². The van der Waals surface area contributed by atoms with Crippen molar-refractivity contribution in [3.8, 4) is 11.8 Å². The first-order valence-electron chi connectivity index (χ1n) is 14.6. The summed E-state index contributed by atoms with van der Waals surface area (Å²) in [6.07, 6.45) is -0.799. The van der Waals surface area contributed by atoms with E-state index in [2.05, 4.69) is 5.32 Å². The molecule has 0 bridgehead atoms. The number of ether oxygens (including phenoxy) is 4. The van der Waals surface area contributed by atoms with Gasteiger partial charge in [0, 0.05) is 37.5 Å². The number of nitro groups is 1. The lowest BCUT2D eigenvalue weighted by Gasteiger charge is -2.38. The monoisotopic (exact) mass is 638 g/mol. The Morgan fingerprint density at radius 2 is 1.87 bits per heavy atom. The van der Waals surface area contributed by atoms with E-state index < -0.39 is 28.9 Å². The summed E-state index contributed by atoms with van der Waals surface area (Å²) in [6, 6.07) is 14.3. The summed E-state index contributed by atoms with van der Waals surface area (Å²) < 4.78 is 21.9. The van der Waals surface area contributed by atoms with Gasteiger partial charge in [-0.15, -0.1) is 0 Å². The number of nitro benzene ring substituents is 1. The Hall–Kier alpha value is -4.81. The van der Waals surface area contributed by atoms with Gasteiger partial charge in [0.05, 0.1) is 66.8 Å². The van der Waals surface area contributed by atoms with Gasteiger partial charge < -0.3 is 39.4 Å². The molecule has 0 aliphatic carbocycles. The Bertz CT molecular complexity index is 1500. The van der Waals surface area contributed by atoms with Crippen molar-refractivity contribution < 1.29 is 43.7 Å². The Kier molecular flexibility index (Phi) is 13.7. The van der Waals surface area contributed by atoms with Gasteiger partial charge in [-0.1, -0.05) is 24.3 Å². The maximum absolute atomic E-state index is 12.9. The Morgan fingerprint density at radius 1 is 1.13 bits per heavy atom. The van der Waals surface area contributed by atoms with Crippen molar-refractivity contribution >= 4 is 17.6 Å². The first-order chi connectivity index (χ1) is 22.1. The molecule has 2 aromatic rings. The molecule has 0 spiro atoms. The second kappa shape index (κ2) is 17.6. The van der Waals surface area contributed by atoms with Crippen LogP contribution in [0.2, 0.25) is 0 Å². The zero-order valence-corrected chi connectivity index (χ0v) is 25.9. The number of esters is 1. The molecule has 46 heavy (non-hydrogen) atoms. The van der Waals surface area contributed by atoms with Gasteiger partial charge in [0.25, 0.3) is 5.69 Å². The smallest absolute Gasteiger partial charge is 0.336 e. The molecule has 14 heteroatoms. The van der Waals surface area contributed by atoms with E-state index in [0.29, 0.717) is 42.4 Å². The number of likely N-dealkylation sites (N-methyl/N-ethyl adjacent to an activating group) is 1. The number of rotatable bonds is 18. The number of benzene rings is 2. The number of para-hydroxylation sites is 1. The average Bonchev–Trinajstić information content (AvgIpc) is 3.05. The summed E-state index contributed by atoms with van der Waals surface area (Å²) in [4.78, 5) is 38.2. The van der Waals surface area contributed by atoms with Gasteiger partial charge in [-0.25, -0.2) is 9.59 Å². The molecule has 1 aliphatic heterocycles. The number of nitrogens with zero attached hydrogens (tertiary/aromatic N) is 3. The predicted molar refractivity (Wildman–Crippen MR) is 165 cm³/mol. The molecule has 0 amide bonds. The lowest BCUT2D eigenvalue weighted by molar-refractivity contribution is -0.384. The molecule has 0 saturated heterocycles. The fourth-order valence-electron chi connectivity index (χ4n) is 5.10. The molecule has 2 unspecified atom stereocenters. The maximum Gasteiger partial charge on any atom is 0.336 e. The van der Waals surface area contributed by atoms with Crippen LogP contribution >= 0.6 is 0 Å². The molecule has 1 aliphatic rings. The minimum absolute atomic E-state index is 0.0150. The number of nitriles is 1. The number of non-ortho nitro benzene ring substituents is 1. The van der Waals surface area contributed by atoms with E-state index in [0.717, 1.165) is 0 Å². The number of nitrogens with one attached hydrogen (secondary N) is 1. The largest absolute Gasteiger partial charge is 0.489 e. The molecule has 0 saturated carbocycles. The number of hydrogen-bond donors (Lipinski definition) is 3. The van der Waals surface area contributed by atoms with E-state index in [4.69, 9.17) is 24.2 Å². The first-order valence-corrected chi connectivity index (χ1v) is 14.6. The van der Waals surface area contributed by atoms with Crippen molar-refractivity contribution in [1.82, 2.24) is 10.2 Å². The topological polar surface area (TPSA) is 194 Å². The van der Waals surface area contributed by atoms with E-state index in [1.54, 1.807) is 49.1 Å². The van der Waals surface area contributed by atoms with Crippen molar-refractivity contribution in [2.75, 3.05) is 59.8 Å². The van der Waals surface area contributed by atoms with Gasteiger partial charge in [-0.3, -0.25) is 10.1 Å². The van der Waals surface area contributed by atoms with Crippen molar-refractivity contribution in [2.24, 2.45) is 0 Å². The molecule has 0 aromatic heterocycles. The molecule has 246 valence electrons. The molecule has 0 radical (unpaired) electrons. The normalized spacial score (nSPS) is 15.4. The molecular weight excluding hydrogens is 600 g/mol. The number of aliphatic carboxylic acids is 1. The Morgan fingerprint density at radius 3 is 2.54 bits per heavy atom. The van der Waals surface area contributed by atoms with Crippen LogP contribution in [0, 0.1) is 21.4 Å². The third-order valence-corrected chi connectivity index (χ3v) is 7.23. The van der Waals surface area contributed by atoms with Gasteiger partial charge >= 0.3 is 11.9 Å². The van der Waals surface area contributed by atoms with Crippen LogP contribution in [0.15, 0.2) is 71.1 Å². The lowest BCUT2D eigenvalue weighted by Crippen LogP contribution is -2.37. The second-order valence-electron chi connectivity index (χ2n) is 10.1. The zero-order valence-electron chi connectivity index (χ0n) is 25.9. The number of carbonyl (C=O) groups is 2. The summed E-state index contributed by atoms with van der Waals surface area (Å²) >= 11 is 0. The third-order valence-electron chi connectivity index (χ3n) is 7.23. The molecule has 2 aromatic carbocycles. The number of aliphatic hydroxyl groups is 1. The molecule has 1 heterocycles. The van der Waals surface area contributed by atoms with Crippen LogP contribution in [-0.2, 0) is 23.8 Å². The predicted octanol–water partition coefficient (Wildman–Crippen LogP) is 2.73. The van der Waals surface area contributed by atoms with Gasteiger partial charge in [-0.2, -0.15) is 5.26 Å². The van der Waals surface area contributed by atoms with Gasteiger partial charge in [0.1, 0.15) is 24.5 Å². The summed E-state index contributed by atoms with van der Waals surface area (Å²) in [5, 5.41) is 44.1. The molecule has 3 rings (SSSR count). The maximum atomic E-state index is 12.9. The van der Waals surface area contributed by atoms with Crippen LogP contribution < -0.4 is 10.1 Å². The highest BCUT2D eigenvalue weighted by atomic mass is 16.6. The number of methoxy groups -OCH3 is 1. The van der Waals surface area contributed by atoms with Crippen molar-refractivity contribution in [3.05, 3.63) is 92.3 Å². The van der Waals surface area contributed by atoms with E-state index >= 15 is 0 Å².